The number of Topliss-reactive ketones (excluding diaryl/α,β-unsaturated/α-hetero) is 1. The molecule has 0 radical (unpaired) electrons. The van der Waals surface area contributed by atoms with Crippen molar-refractivity contribution in [2.45, 2.75) is 113 Å². The van der Waals surface area contributed by atoms with Crippen molar-refractivity contribution in [1.82, 2.24) is 35.2 Å². The van der Waals surface area contributed by atoms with Gasteiger partial charge in [0.15, 0.2) is 0 Å². The van der Waals surface area contributed by atoms with Crippen molar-refractivity contribution in [1.29, 1.82) is 0 Å². The summed E-state index contributed by atoms with van der Waals surface area (Å²) in [5.74, 6) is -2.65. The minimum atomic E-state index is -3.75. The number of hydrogen-bond acceptors (Lipinski definition) is 11. The highest BCUT2D eigenvalue weighted by molar-refractivity contribution is 7.99. The van der Waals surface area contributed by atoms with Crippen LogP contribution in [-0.2, 0) is 34.8 Å². The van der Waals surface area contributed by atoms with Gasteiger partial charge in [-0.1, -0.05) is 44.2 Å². The fourth-order valence-corrected chi connectivity index (χ4v) is 9.83. The van der Waals surface area contributed by atoms with Crippen LogP contribution in [0.5, 0.6) is 0 Å². The molecule has 1 aliphatic carbocycles. The maximum atomic E-state index is 14.8. The van der Waals surface area contributed by atoms with E-state index in [0.717, 1.165) is 32.1 Å². The quantitative estimate of drug-likeness (QED) is 0.171. The molecule has 18 heteroatoms. The lowest BCUT2D eigenvalue weighted by atomic mass is 9.84. The summed E-state index contributed by atoms with van der Waals surface area (Å²) in [6.45, 7) is 4.98. The van der Waals surface area contributed by atoms with Gasteiger partial charge in [0.05, 0.1) is 22.8 Å². The Morgan fingerprint density at radius 2 is 1.74 bits per heavy atom. The van der Waals surface area contributed by atoms with Crippen LogP contribution >= 0.6 is 11.8 Å². The van der Waals surface area contributed by atoms with Crippen LogP contribution in [0.25, 0.3) is 0 Å². The second-order valence-electron chi connectivity index (χ2n) is 14.7. The number of rotatable bonds is 14. The lowest BCUT2D eigenvalue weighted by Crippen LogP contribution is -2.63. The number of nitrogens with two attached hydrogens (primary N) is 1. The largest absolute Gasteiger partial charge is 0.384 e. The number of likely N-dealkylation sites (tertiary alicyclic amines) is 1. The molecular weight excluding hydrogens is 725 g/mol. The van der Waals surface area contributed by atoms with Crippen molar-refractivity contribution >= 4 is 51.2 Å². The fraction of sp³-hybridized carbons (Fsp3) is 0.629. The van der Waals surface area contributed by atoms with E-state index >= 15 is 0 Å². The van der Waals surface area contributed by atoms with Gasteiger partial charge in [-0.3, -0.25) is 24.0 Å². The van der Waals surface area contributed by atoms with Gasteiger partial charge in [0.25, 0.3) is 11.8 Å². The Bertz CT molecular complexity index is 1780. The molecule has 3 atom stereocenters. The van der Waals surface area contributed by atoms with Gasteiger partial charge in [-0.05, 0) is 74.8 Å². The summed E-state index contributed by atoms with van der Waals surface area (Å²) < 4.78 is 28.9. The standard InChI is InChI=1S/C35H50N8O8S2/c1-4-38-53(50,51)25-12-10-23(11-13-25)31(46)39-26(18-22-8-6-5-7-9-22)33(48)42-21-24(43-28(20-37-41-43)34(2,3)49)19-27(42)32(47)40-35(29(44)30(36)45)14-16-52-17-15-35/h10-13,20,22,24,26-27,38,49H,4-9,14-19,21H2,1-3H3,(H2,36,45)(H,39,46)(H,40,47)/t24-,26+,27-/m0/s1. The Labute approximate surface area is 313 Å². The number of primary amides is 1. The highest BCUT2D eigenvalue weighted by Gasteiger charge is 2.49. The maximum Gasteiger partial charge on any atom is 0.287 e. The molecule has 2 saturated heterocycles. The number of ketones is 1. The van der Waals surface area contributed by atoms with Gasteiger partial charge >= 0.3 is 0 Å². The average Bonchev–Trinajstić information content (AvgIpc) is 3.80. The normalized spacial score (nSPS) is 21.5. The van der Waals surface area contributed by atoms with Gasteiger partial charge in [0.2, 0.25) is 27.6 Å². The molecule has 3 aliphatic rings. The molecule has 1 aromatic heterocycles. The van der Waals surface area contributed by atoms with Crippen molar-refractivity contribution in [3.8, 4) is 0 Å². The number of nitrogens with one attached hydrogen (secondary N) is 3. The molecule has 53 heavy (non-hydrogen) atoms. The molecule has 3 heterocycles. The molecule has 0 bridgehead atoms. The van der Waals surface area contributed by atoms with E-state index in [4.69, 9.17) is 5.73 Å². The van der Waals surface area contributed by atoms with Crippen LogP contribution in [0.4, 0.5) is 0 Å². The SMILES string of the molecule is CCNS(=O)(=O)c1ccc(C(=O)N[C@H](CC2CCCCC2)C(=O)N2C[C@@H](n3nncc3C(C)(C)O)C[C@H]2C(=O)NC2(C(=O)C(N)=O)CCSCC2)cc1. The van der Waals surface area contributed by atoms with Crippen LogP contribution in [0, 0.1) is 5.92 Å². The lowest BCUT2D eigenvalue weighted by molar-refractivity contribution is -0.145. The van der Waals surface area contributed by atoms with Crippen LogP contribution in [-0.4, -0.2) is 105 Å². The second kappa shape index (κ2) is 16.7. The van der Waals surface area contributed by atoms with Gasteiger partial charge in [-0.2, -0.15) is 11.8 Å². The van der Waals surface area contributed by atoms with Crippen molar-refractivity contribution in [3.05, 3.63) is 41.7 Å². The van der Waals surface area contributed by atoms with Crippen LogP contribution in [0.1, 0.15) is 101 Å². The second-order valence-corrected chi connectivity index (χ2v) is 17.7. The number of amides is 4. The van der Waals surface area contributed by atoms with E-state index in [1.54, 1.807) is 32.5 Å². The summed E-state index contributed by atoms with van der Waals surface area (Å²) >= 11 is 1.59. The summed E-state index contributed by atoms with van der Waals surface area (Å²) in [7, 11) is -3.75. The molecule has 4 amide bonds. The first kappa shape index (κ1) is 40.3. The molecule has 3 fully saturated rings. The number of nitrogens with zero attached hydrogens (tertiary/aromatic N) is 4. The zero-order valence-corrected chi connectivity index (χ0v) is 32.0. The van der Waals surface area contributed by atoms with E-state index in [1.165, 1.54) is 40.0 Å². The third-order valence-electron chi connectivity index (χ3n) is 10.4. The molecule has 6 N–H and O–H groups in total. The smallest absolute Gasteiger partial charge is 0.287 e. The van der Waals surface area contributed by atoms with Crippen LogP contribution in [0.15, 0.2) is 35.4 Å². The third-order valence-corrected chi connectivity index (χ3v) is 13.0. The maximum absolute atomic E-state index is 14.8. The highest BCUT2D eigenvalue weighted by atomic mass is 32.2. The molecule has 5 rings (SSSR count). The molecule has 0 spiro atoms. The summed E-state index contributed by atoms with van der Waals surface area (Å²) in [4.78, 5) is 69.5. The van der Waals surface area contributed by atoms with Gasteiger partial charge in [-0.15, -0.1) is 5.10 Å². The zero-order chi connectivity index (χ0) is 38.6. The molecule has 16 nitrogen and oxygen atoms in total. The minimum absolute atomic E-state index is 0.00891. The van der Waals surface area contributed by atoms with Crippen molar-refractivity contribution in [3.63, 3.8) is 0 Å². The van der Waals surface area contributed by atoms with Crippen LogP contribution < -0.4 is 21.1 Å². The van der Waals surface area contributed by atoms with E-state index in [-0.39, 0.29) is 48.7 Å². The first-order valence-corrected chi connectivity index (χ1v) is 20.8. The number of hydrogen-bond donors (Lipinski definition) is 5. The molecule has 0 unspecified atom stereocenters. The third kappa shape index (κ3) is 9.27. The Hall–Kier alpha value is -3.87. The van der Waals surface area contributed by atoms with E-state index in [1.807, 2.05) is 0 Å². The summed E-state index contributed by atoms with van der Waals surface area (Å²) in [6, 6.07) is 2.60. The monoisotopic (exact) mass is 774 g/mol. The van der Waals surface area contributed by atoms with Gasteiger partial charge < -0.3 is 26.4 Å². The van der Waals surface area contributed by atoms with Gasteiger partial charge in [0.1, 0.15) is 23.2 Å². The number of aliphatic hydroxyl groups is 1. The molecule has 1 saturated carbocycles. The number of sulfonamides is 1. The Morgan fingerprint density at radius 1 is 1.08 bits per heavy atom. The molecular formula is C35H50N8O8S2. The topological polar surface area (TPSA) is 236 Å². The molecule has 1 aromatic carbocycles. The summed E-state index contributed by atoms with van der Waals surface area (Å²) in [5.41, 5.74) is 3.08. The fourth-order valence-electron chi connectivity index (χ4n) is 7.60. The summed E-state index contributed by atoms with van der Waals surface area (Å²) in [6.07, 6.45) is 6.94. The van der Waals surface area contributed by atoms with E-state index in [0.29, 0.717) is 23.6 Å². The Morgan fingerprint density at radius 3 is 2.34 bits per heavy atom. The predicted molar refractivity (Wildman–Crippen MR) is 196 cm³/mol. The van der Waals surface area contributed by atoms with Crippen molar-refractivity contribution in [2.24, 2.45) is 11.7 Å². The Balaban J connectivity index is 1.47. The Kier molecular flexibility index (Phi) is 12.7. The molecule has 2 aromatic rings. The van der Waals surface area contributed by atoms with Crippen LogP contribution in [0.3, 0.4) is 0 Å². The van der Waals surface area contributed by atoms with E-state index in [2.05, 4.69) is 25.7 Å². The number of carbonyl (C=O) groups is 5. The predicted octanol–water partition coefficient (Wildman–Crippen LogP) is 1.15. The number of thioether (sulfide) groups is 1. The van der Waals surface area contributed by atoms with Gasteiger partial charge in [0, 0.05) is 25.1 Å². The van der Waals surface area contributed by atoms with Crippen LogP contribution in [0.2, 0.25) is 0 Å². The highest BCUT2D eigenvalue weighted by Crippen LogP contribution is 2.35. The lowest BCUT2D eigenvalue weighted by Gasteiger charge is -2.37. The van der Waals surface area contributed by atoms with E-state index in [9.17, 15) is 37.5 Å². The summed E-state index contributed by atoms with van der Waals surface area (Å²) in [5, 5.41) is 24.8. The molecule has 290 valence electrons. The zero-order valence-electron chi connectivity index (χ0n) is 30.4. The average molecular weight is 775 g/mol. The number of benzene rings is 1. The number of carbonyl (C=O) groups excluding carboxylic acids is 5. The first-order valence-electron chi connectivity index (χ1n) is 18.1. The van der Waals surface area contributed by atoms with Crippen molar-refractivity contribution in [2.75, 3.05) is 24.6 Å². The van der Waals surface area contributed by atoms with Gasteiger partial charge in [-0.25, -0.2) is 17.8 Å². The van der Waals surface area contributed by atoms with E-state index < -0.39 is 68.7 Å². The molecule has 2 aliphatic heterocycles. The number of aromatic nitrogens is 3. The van der Waals surface area contributed by atoms with Crippen molar-refractivity contribution < 1.29 is 37.5 Å². The minimum Gasteiger partial charge on any atom is -0.384 e. The first-order chi connectivity index (χ1) is 25.1.